The van der Waals surface area contributed by atoms with Gasteiger partial charge in [0.25, 0.3) is 0 Å². The second-order valence-electron chi connectivity index (χ2n) is 8.09. The number of aromatic nitrogens is 2. The number of rotatable bonds is 6. The number of carbonyl (C=O) groups is 1. The van der Waals surface area contributed by atoms with Gasteiger partial charge in [-0.3, -0.25) is 9.49 Å². The van der Waals surface area contributed by atoms with Crippen LogP contribution in [0, 0.1) is 11.3 Å². The number of aliphatic hydroxyl groups is 1. The Bertz CT molecular complexity index is 818. The highest BCUT2D eigenvalue weighted by atomic mass is 35.5. The number of fused-ring (bicyclic) bond motifs is 1. The van der Waals surface area contributed by atoms with Crippen molar-refractivity contribution in [2.45, 2.75) is 39.2 Å². The molecule has 1 aromatic heterocycles. The SMILES string of the molecule is CC(C)(C1CCN(C(=O)NCCCF)CC1)[C@H](O)c1cc(Cl)cc2cn[nH]c12. The zero-order valence-corrected chi connectivity index (χ0v) is 17.1. The van der Waals surface area contributed by atoms with Crippen molar-refractivity contribution in [1.82, 2.24) is 20.4 Å². The summed E-state index contributed by atoms with van der Waals surface area (Å²) in [6, 6.07) is 3.48. The number of aromatic amines is 1. The van der Waals surface area contributed by atoms with E-state index >= 15 is 0 Å². The maximum Gasteiger partial charge on any atom is 0.317 e. The summed E-state index contributed by atoms with van der Waals surface area (Å²) in [6.07, 6.45) is 2.91. The molecule has 3 N–H and O–H groups in total. The van der Waals surface area contributed by atoms with Crippen molar-refractivity contribution in [2.24, 2.45) is 11.3 Å². The lowest BCUT2D eigenvalue weighted by Crippen LogP contribution is -2.47. The highest BCUT2D eigenvalue weighted by Crippen LogP contribution is 2.46. The standard InChI is InChI=1S/C20H28ClFN4O2/c1-20(2,14-4-8-26(9-5-14)19(28)23-7-3-6-22)18(27)16-11-15(21)10-13-12-24-25-17(13)16/h10-12,14,18,27H,3-9H2,1-2H3,(H,23,28)(H,24,25)/t18-/m1/s1. The van der Waals surface area contributed by atoms with Gasteiger partial charge in [-0.1, -0.05) is 25.4 Å². The predicted octanol–water partition coefficient (Wildman–Crippen LogP) is 4.06. The molecule has 8 heteroatoms. The summed E-state index contributed by atoms with van der Waals surface area (Å²) in [6.45, 7) is 5.29. The van der Waals surface area contributed by atoms with Gasteiger partial charge >= 0.3 is 6.03 Å². The number of likely N-dealkylation sites (tertiary alicyclic amines) is 1. The molecule has 2 heterocycles. The van der Waals surface area contributed by atoms with Crippen LogP contribution >= 0.6 is 11.6 Å². The molecule has 3 rings (SSSR count). The third-order valence-electron chi connectivity index (χ3n) is 5.96. The van der Waals surface area contributed by atoms with E-state index < -0.39 is 18.2 Å². The average Bonchev–Trinajstić information content (AvgIpc) is 3.15. The average molecular weight is 411 g/mol. The molecule has 2 aromatic rings. The van der Waals surface area contributed by atoms with Crippen molar-refractivity contribution in [1.29, 1.82) is 0 Å². The molecule has 0 spiro atoms. The number of nitrogens with zero attached hydrogens (tertiary/aromatic N) is 2. The molecule has 0 aliphatic carbocycles. The van der Waals surface area contributed by atoms with Gasteiger partial charge in [0.2, 0.25) is 0 Å². The quantitative estimate of drug-likeness (QED) is 0.628. The number of alkyl halides is 1. The first-order chi connectivity index (χ1) is 13.3. The molecular weight excluding hydrogens is 383 g/mol. The number of amides is 2. The summed E-state index contributed by atoms with van der Waals surface area (Å²) < 4.78 is 12.2. The first kappa shape index (κ1) is 20.9. The summed E-state index contributed by atoms with van der Waals surface area (Å²) >= 11 is 6.24. The third kappa shape index (κ3) is 4.25. The topological polar surface area (TPSA) is 81.2 Å². The van der Waals surface area contributed by atoms with Crippen LogP contribution in [-0.4, -0.2) is 52.5 Å². The lowest BCUT2D eigenvalue weighted by molar-refractivity contribution is -0.0143. The van der Waals surface area contributed by atoms with Crippen LogP contribution in [0.4, 0.5) is 9.18 Å². The smallest absolute Gasteiger partial charge is 0.317 e. The number of hydrogen-bond donors (Lipinski definition) is 3. The Kier molecular flexibility index (Phi) is 6.45. The Hall–Kier alpha value is -1.86. The van der Waals surface area contributed by atoms with Gasteiger partial charge in [0, 0.05) is 35.6 Å². The zero-order valence-electron chi connectivity index (χ0n) is 16.3. The summed E-state index contributed by atoms with van der Waals surface area (Å²) in [5.41, 5.74) is 1.14. The van der Waals surface area contributed by atoms with Gasteiger partial charge < -0.3 is 15.3 Å². The number of piperidine rings is 1. The van der Waals surface area contributed by atoms with E-state index in [-0.39, 0.29) is 11.9 Å². The van der Waals surface area contributed by atoms with Crippen molar-refractivity contribution in [3.8, 4) is 0 Å². The minimum atomic E-state index is -0.718. The van der Waals surface area contributed by atoms with Crippen LogP contribution in [0.2, 0.25) is 5.02 Å². The molecule has 0 radical (unpaired) electrons. The molecule has 154 valence electrons. The van der Waals surface area contributed by atoms with E-state index in [0.717, 1.165) is 29.3 Å². The lowest BCUT2D eigenvalue weighted by Gasteiger charge is -2.43. The number of benzene rings is 1. The number of urea groups is 1. The van der Waals surface area contributed by atoms with Gasteiger partial charge in [-0.05, 0) is 42.7 Å². The van der Waals surface area contributed by atoms with E-state index in [0.29, 0.717) is 31.1 Å². The Labute approximate surface area is 169 Å². The number of H-pyrrole nitrogens is 1. The molecule has 1 atom stereocenters. The third-order valence-corrected chi connectivity index (χ3v) is 6.18. The predicted molar refractivity (Wildman–Crippen MR) is 108 cm³/mol. The summed E-state index contributed by atoms with van der Waals surface area (Å²) in [5.74, 6) is 0.245. The van der Waals surface area contributed by atoms with Crippen LogP contribution in [0.1, 0.15) is 44.8 Å². The molecule has 0 saturated carbocycles. The first-order valence-electron chi connectivity index (χ1n) is 9.74. The number of aliphatic hydroxyl groups excluding tert-OH is 1. The van der Waals surface area contributed by atoms with E-state index in [9.17, 15) is 14.3 Å². The molecule has 2 amide bonds. The molecule has 1 saturated heterocycles. The Balaban J connectivity index is 1.68. The van der Waals surface area contributed by atoms with Crippen LogP contribution in [-0.2, 0) is 0 Å². The maximum atomic E-state index is 12.2. The molecule has 28 heavy (non-hydrogen) atoms. The van der Waals surface area contributed by atoms with Gasteiger partial charge in [-0.2, -0.15) is 5.10 Å². The molecule has 1 aliphatic rings. The second kappa shape index (κ2) is 8.66. The monoisotopic (exact) mass is 410 g/mol. The molecule has 1 fully saturated rings. The minimum Gasteiger partial charge on any atom is -0.388 e. The fourth-order valence-electron chi connectivity index (χ4n) is 4.09. The van der Waals surface area contributed by atoms with Crippen molar-refractivity contribution < 1.29 is 14.3 Å². The summed E-state index contributed by atoms with van der Waals surface area (Å²) in [4.78, 5) is 13.9. The van der Waals surface area contributed by atoms with Crippen LogP contribution < -0.4 is 5.32 Å². The molecule has 6 nitrogen and oxygen atoms in total. The molecule has 1 aromatic carbocycles. The van der Waals surface area contributed by atoms with E-state index in [1.807, 2.05) is 6.07 Å². The Morgan fingerprint density at radius 1 is 1.46 bits per heavy atom. The molecular formula is C20H28ClFN4O2. The lowest BCUT2D eigenvalue weighted by atomic mass is 9.68. The van der Waals surface area contributed by atoms with Crippen molar-refractivity contribution in [3.05, 3.63) is 28.9 Å². The Morgan fingerprint density at radius 3 is 2.86 bits per heavy atom. The maximum absolute atomic E-state index is 12.2. The largest absolute Gasteiger partial charge is 0.388 e. The van der Waals surface area contributed by atoms with Gasteiger partial charge in [0.15, 0.2) is 0 Å². The van der Waals surface area contributed by atoms with Crippen LogP contribution in [0.15, 0.2) is 18.3 Å². The van der Waals surface area contributed by atoms with Gasteiger partial charge in [0.1, 0.15) is 0 Å². The van der Waals surface area contributed by atoms with Gasteiger partial charge in [-0.15, -0.1) is 0 Å². The number of nitrogens with one attached hydrogen (secondary N) is 2. The highest BCUT2D eigenvalue weighted by Gasteiger charge is 2.40. The number of halogens is 2. The van der Waals surface area contributed by atoms with E-state index in [2.05, 4.69) is 29.4 Å². The van der Waals surface area contributed by atoms with Crippen molar-refractivity contribution >= 4 is 28.5 Å². The Morgan fingerprint density at radius 2 is 2.18 bits per heavy atom. The van der Waals surface area contributed by atoms with E-state index in [1.54, 1.807) is 17.2 Å². The van der Waals surface area contributed by atoms with Crippen LogP contribution in [0.3, 0.4) is 0 Å². The molecule has 1 aliphatic heterocycles. The van der Waals surface area contributed by atoms with Crippen LogP contribution in [0.25, 0.3) is 10.9 Å². The first-order valence-corrected chi connectivity index (χ1v) is 10.1. The van der Waals surface area contributed by atoms with Gasteiger partial charge in [0.05, 0.1) is 24.5 Å². The highest BCUT2D eigenvalue weighted by molar-refractivity contribution is 6.31. The summed E-state index contributed by atoms with van der Waals surface area (Å²) in [5, 5.41) is 22.4. The molecule has 0 unspecified atom stereocenters. The van der Waals surface area contributed by atoms with Crippen LogP contribution in [0.5, 0.6) is 0 Å². The number of hydrogen-bond acceptors (Lipinski definition) is 3. The minimum absolute atomic E-state index is 0.140. The summed E-state index contributed by atoms with van der Waals surface area (Å²) in [7, 11) is 0. The van der Waals surface area contributed by atoms with E-state index in [4.69, 9.17) is 11.6 Å². The molecule has 0 bridgehead atoms. The second-order valence-corrected chi connectivity index (χ2v) is 8.53. The van der Waals surface area contributed by atoms with Crippen molar-refractivity contribution in [3.63, 3.8) is 0 Å². The van der Waals surface area contributed by atoms with Gasteiger partial charge in [-0.25, -0.2) is 4.79 Å². The zero-order chi connectivity index (χ0) is 20.3. The van der Waals surface area contributed by atoms with Crippen molar-refractivity contribution in [2.75, 3.05) is 26.3 Å². The fraction of sp³-hybridized carbons (Fsp3) is 0.600. The normalized spacial score (nSPS) is 17.1. The number of carbonyl (C=O) groups excluding carboxylic acids is 1. The van der Waals surface area contributed by atoms with E-state index in [1.165, 1.54) is 0 Å². The fourth-order valence-corrected chi connectivity index (χ4v) is 4.32.